The monoisotopic (exact) mass is 221 g/mol. The van der Waals surface area contributed by atoms with Crippen LogP contribution in [0.25, 0.3) is 11.0 Å². The molecule has 0 saturated carbocycles. The molecule has 2 rings (SSSR count). The summed E-state index contributed by atoms with van der Waals surface area (Å²) < 4.78 is 2.92. The van der Waals surface area contributed by atoms with Crippen LogP contribution in [-0.2, 0) is 0 Å². The maximum absolute atomic E-state index is 5.30. The van der Waals surface area contributed by atoms with Crippen LogP contribution in [0, 0.1) is 4.77 Å². The molecule has 1 aromatic heterocycles. The van der Waals surface area contributed by atoms with E-state index in [2.05, 4.69) is 40.8 Å². The molecular formula is C11H15N3S. The summed E-state index contributed by atoms with van der Waals surface area (Å²) in [6.45, 7) is 4.27. The van der Waals surface area contributed by atoms with Crippen LogP contribution in [0.4, 0.5) is 5.69 Å². The molecule has 0 spiro atoms. The van der Waals surface area contributed by atoms with E-state index >= 15 is 0 Å². The Morgan fingerprint density at radius 3 is 2.73 bits per heavy atom. The molecule has 4 heteroatoms. The van der Waals surface area contributed by atoms with Crippen molar-refractivity contribution >= 4 is 28.9 Å². The Morgan fingerprint density at radius 1 is 1.40 bits per heavy atom. The van der Waals surface area contributed by atoms with E-state index in [-0.39, 0.29) is 0 Å². The fourth-order valence-corrected chi connectivity index (χ4v) is 2.21. The van der Waals surface area contributed by atoms with Gasteiger partial charge in [-0.3, -0.25) is 0 Å². The third-order valence-corrected chi connectivity index (χ3v) is 2.82. The smallest absolute Gasteiger partial charge is 0.178 e. The molecular weight excluding hydrogens is 206 g/mol. The molecule has 0 radical (unpaired) electrons. The molecule has 15 heavy (non-hydrogen) atoms. The van der Waals surface area contributed by atoms with Gasteiger partial charge in [-0.05, 0) is 44.3 Å². The number of hydrogen-bond donors (Lipinski definition) is 2. The minimum atomic E-state index is 0.373. The van der Waals surface area contributed by atoms with E-state index in [1.807, 2.05) is 13.1 Å². The Balaban J connectivity index is 2.78. The van der Waals surface area contributed by atoms with Crippen LogP contribution in [0.1, 0.15) is 19.9 Å². The third-order valence-electron chi connectivity index (χ3n) is 2.52. The molecule has 2 aromatic rings. The van der Waals surface area contributed by atoms with Crippen LogP contribution in [0.15, 0.2) is 18.2 Å². The fourth-order valence-electron chi connectivity index (χ4n) is 1.79. The molecule has 1 heterocycles. The van der Waals surface area contributed by atoms with Gasteiger partial charge in [-0.2, -0.15) is 0 Å². The normalized spacial score (nSPS) is 11.2. The van der Waals surface area contributed by atoms with Crippen molar-refractivity contribution in [2.24, 2.45) is 0 Å². The summed E-state index contributed by atoms with van der Waals surface area (Å²) in [5.41, 5.74) is 3.35. The van der Waals surface area contributed by atoms with Crippen molar-refractivity contribution in [1.29, 1.82) is 0 Å². The second-order valence-electron chi connectivity index (χ2n) is 3.88. The van der Waals surface area contributed by atoms with E-state index in [1.54, 1.807) is 0 Å². The van der Waals surface area contributed by atoms with Crippen molar-refractivity contribution in [2.45, 2.75) is 19.9 Å². The number of H-pyrrole nitrogens is 1. The van der Waals surface area contributed by atoms with Gasteiger partial charge in [0.1, 0.15) is 0 Å². The Bertz CT molecular complexity index is 536. The summed E-state index contributed by atoms with van der Waals surface area (Å²) in [5, 5.41) is 3.13. The van der Waals surface area contributed by atoms with Gasteiger partial charge in [-0.1, -0.05) is 0 Å². The summed E-state index contributed by atoms with van der Waals surface area (Å²) in [6, 6.07) is 6.58. The number of imidazole rings is 1. The number of rotatable bonds is 2. The Morgan fingerprint density at radius 2 is 2.13 bits per heavy atom. The number of aromatic nitrogens is 2. The highest BCUT2D eigenvalue weighted by Crippen LogP contribution is 2.22. The lowest BCUT2D eigenvalue weighted by Gasteiger charge is -2.08. The van der Waals surface area contributed by atoms with Crippen molar-refractivity contribution < 1.29 is 0 Å². The van der Waals surface area contributed by atoms with Crippen molar-refractivity contribution in [3.05, 3.63) is 23.0 Å². The van der Waals surface area contributed by atoms with E-state index in [0.29, 0.717) is 6.04 Å². The van der Waals surface area contributed by atoms with E-state index in [0.717, 1.165) is 21.5 Å². The van der Waals surface area contributed by atoms with Gasteiger partial charge in [0.05, 0.1) is 11.0 Å². The first-order chi connectivity index (χ1) is 7.13. The zero-order chi connectivity index (χ0) is 11.0. The van der Waals surface area contributed by atoms with Crippen molar-refractivity contribution in [1.82, 2.24) is 9.55 Å². The van der Waals surface area contributed by atoms with Crippen molar-refractivity contribution in [3.8, 4) is 0 Å². The average molecular weight is 221 g/mol. The average Bonchev–Trinajstić information content (AvgIpc) is 2.52. The second-order valence-corrected chi connectivity index (χ2v) is 4.26. The van der Waals surface area contributed by atoms with Gasteiger partial charge in [-0.15, -0.1) is 0 Å². The Labute approximate surface area is 94.1 Å². The van der Waals surface area contributed by atoms with Gasteiger partial charge >= 0.3 is 0 Å². The van der Waals surface area contributed by atoms with Crippen LogP contribution in [0.2, 0.25) is 0 Å². The predicted octanol–water partition coefficient (Wildman–Crippen LogP) is 3.32. The lowest BCUT2D eigenvalue weighted by atomic mass is 10.2. The summed E-state index contributed by atoms with van der Waals surface area (Å²) >= 11 is 5.30. The van der Waals surface area contributed by atoms with E-state index in [9.17, 15) is 0 Å². The van der Waals surface area contributed by atoms with Gasteiger partial charge in [-0.25, -0.2) is 0 Å². The van der Waals surface area contributed by atoms with E-state index in [4.69, 9.17) is 12.2 Å². The molecule has 0 aliphatic rings. The zero-order valence-corrected chi connectivity index (χ0v) is 9.98. The number of nitrogens with zero attached hydrogens (tertiary/aromatic N) is 1. The van der Waals surface area contributed by atoms with Gasteiger partial charge in [0.2, 0.25) is 0 Å². The largest absolute Gasteiger partial charge is 0.388 e. The van der Waals surface area contributed by atoms with E-state index < -0.39 is 0 Å². The van der Waals surface area contributed by atoms with Crippen LogP contribution in [0.5, 0.6) is 0 Å². The van der Waals surface area contributed by atoms with Crippen LogP contribution in [0.3, 0.4) is 0 Å². The molecule has 0 amide bonds. The number of nitrogens with one attached hydrogen (secondary N) is 2. The van der Waals surface area contributed by atoms with Gasteiger partial charge in [0, 0.05) is 18.8 Å². The summed E-state index contributed by atoms with van der Waals surface area (Å²) in [6.07, 6.45) is 0. The Kier molecular flexibility index (Phi) is 2.52. The highest BCUT2D eigenvalue weighted by Gasteiger charge is 2.07. The highest BCUT2D eigenvalue weighted by atomic mass is 32.1. The summed E-state index contributed by atoms with van der Waals surface area (Å²) in [4.78, 5) is 3.21. The molecule has 0 aliphatic carbocycles. The van der Waals surface area contributed by atoms with Gasteiger partial charge in [0.15, 0.2) is 4.77 Å². The second kappa shape index (κ2) is 3.70. The topological polar surface area (TPSA) is 32.8 Å². The van der Waals surface area contributed by atoms with E-state index in [1.165, 1.54) is 0 Å². The highest BCUT2D eigenvalue weighted by molar-refractivity contribution is 7.71. The number of aromatic amines is 1. The molecule has 0 aliphatic heterocycles. The lowest BCUT2D eigenvalue weighted by molar-refractivity contribution is 0.610. The minimum Gasteiger partial charge on any atom is -0.388 e. The molecule has 0 bridgehead atoms. The fraction of sp³-hybridized carbons (Fsp3) is 0.364. The molecule has 0 unspecified atom stereocenters. The molecule has 2 N–H and O–H groups in total. The quantitative estimate of drug-likeness (QED) is 0.763. The first-order valence-corrected chi connectivity index (χ1v) is 5.46. The predicted molar refractivity (Wildman–Crippen MR) is 67.1 cm³/mol. The van der Waals surface area contributed by atoms with Gasteiger partial charge < -0.3 is 14.9 Å². The first-order valence-electron chi connectivity index (χ1n) is 5.05. The molecule has 0 saturated heterocycles. The molecule has 1 aromatic carbocycles. The van der Waals surface area contributed by atoms with Crippen LogP contribution < -0.4 is 5.32 Å². The Hall–Kier alpha value is -1.29. The first kappa shape index (κ1) is 10.2. The number of fused-ring (bicyclic) bond motifs is 1. The number of anilines is 1. The van der Waals surface area contributed by atoms with Crippen molar-refractivity contribution in [2.75, 3.05) is 12.4 Å². The molecule has 0 fully saturated rings. The molecule has 0 atom stereocenters. The van der Waals surface area contributed by atoms with Crippen LogP contribution in [-0.4, -0.2) is 16.6 Å². The van der Waals surface area contributed by atoms with Crippen LogP contribution >= 0.6 is 12.2 Å². The lowest BCUT2D eigenvalue weighted by Crippen LogP contribution is -2.00. The SMILES string of the molecule is CNc1ccc2[nH]c(=S)n(C(C)C)c2c1. The number of benzene rings is 1. The summed E-state index contributed by atoms with van der Waals surface area (Å²) in [5.74, 6) is 0. The minimum absolute atomic E-state index is 0.373. The maximum atomic E-state index is 5.30. The van der Waals surface area contributed by atoms with Gasteiger partial charge in [0.25, 0.3) is 0 Å². The molecule has 80 valence electrons. The molecule has 3 nitrogen and oxygen atoms in total. The third kappa shape index (κ3) is 1.65. The maximum Gasteiger partial charge on any atom is 0.178 e. The number of hydrogen-bond acceptors (Lipinski definition) is 2. The zero-order valence-electron chi connectivity index (χ0n) is 9.16. The standard InChI is InChI=1S/C11H15N3S/c1-7(2)14-10-6-8(12-3)4-5-9(10)13-11(14)15/h4-7,12H,1-3H3,(H,13,15). The summed E-state index contributed by atoms with van der Waals surface area (Å²) in [7, 11) is 1.92. The van der Waals surface area contributed by atoms with Crippen molar-refractivity contribution in [3.63, 3.8) is 0 Å².